The number of aromatic nitrogens is 4. The Bertz CT molecular complexity index is 506. The number of aryl methyl sites for hydroxylation is 1. The predicted octanol–water partition coefficient (Wildman–Crippen LogP) is 1.11. The van der Waals surface area contributed by atoms with Gasteiger partial charge in [0, 0.05) is 30.4 Å². The highest BCUT2D eigenvalue weighted by Crippen LogP contribution is 2.19. The fourth-order valence-electron chi connectivity index (χ4n) is 1.71. The molecule has 0 aliphatic heterocycles. The predicted molar refractivity (Wildman–Crippen MR) is 75.8 cm³/mol. The van der Waals surface area contributed by atoms with Gasteiger partial charge in [-0.1, -0.05) is 12.1 Å². The molecular formula is C12H20N6S. The Morgan fingerprint density at radius 1 is 1.53 bits per heavy atom. The second-order valence-electron chi connectivity index (χ2n) is 4.37. The van der Waals surface area contributed by atoms with Crippen molar-refractivity contribution in [1.82, 2.24) is 25.3 Å². The molecule has 0 aromatic carbocycles. The van der Waals surface area contributed by atoms with Gasteiger partial charge in [-0.2, -0.15) is 0 Å². The Kier molecular flexibility index (Phi) is 5.00. The molecule has 3 N–H and O–H groups in total. The lowest BCUT2D eigenvalue weighted by Gasteiger charge is -2.10. The average Bonchev–Trinajstić information content (AvgIpc) is 3.07. The van der Waals surface area contributed by atoms with Gasteiger partial charge in [0.05, 0.1) is 18.3 Å². The molecule has 0 bridgehead atoms. The lowest BCUT2D eigenvalue weighted by atomic mass is 10.3. The first-order valence-electron chi connectivity index (χ1n) is 6.50. The van der Waals surface area contributed by atoms with Gasteiger partial charge >= 0.3 is 0 Å². The van der Waals surface area contributed by atoms with E-state index < -0.39 is 0 Å². The van der Waals surface area contributed by atoms with Crippen LogP contribution in [0.4, 0.5) is 0 Å². The van der Waals surface area contributed by atoms with Gasteiger partial charge in [0.2, 0.25) is 0 Å². The first-order valence-corrected chi connectivity index (χ1v) is 7.31. The maximum atomic E-state index is 5.49. The fourth-order valence-corrected chi connectivity index (χ4v) is 2.59. The molecule has 0 spiro atoms. The highest BCUT2D eigenvalue weighted by Gasteiger charge is 2.09. The maximum Gasteiger partial charge on any atom is 0.109 e. The first kappa shape index (κ1) is 14.1. The number of hydrogen-bond acceptors (Lipinski definition) is 6. The molecule has 1 unspecified atom stereocenters. The van der Waals surface area contributed by atoms with E-state index in [0.717, 1.165) is 30.2 Å². The summed E-state index contributed by atoms with van der Waals surface area (Å²) in [5, 5.41) is 12.5. The Labute approximate surface area is 117 Å². The molecule has 2 aromatic heterocycles. The van der Waals surface area contributed by atoms with Gasteiger partial charge in [0.15, 0.2) is 0 Å². The van der Waals surface area contributed by atoms with Gasteiger partial charge in [-0.3, -0.25) is 4.68 Å². The summed E-state index contributed by atoms with van der Waals surface area (Å²) in [6, 6.07) is 0.266. The molecule has 2 rings (SSSR count). The summed E-state index contributed by atoms with van der Waals surface area (Å²) < 4.78 is 1.81. The SMILES string of the molecule is CCc1cnc(C(C)NCCn2cc(CN)nn2)s1. The topological polar surface area (TPSA) is 81.7 Å². The van der Waals surface area contributed by atoms with Crippen LogP contribution >= 0.6 is 11.3 Å². The van der Waals surface area contributed by atoms with E-state index in [1.54, 1.807) is 16.0 Å². The van der Waals surface area contributed by atoms with E-state index in [9.17, 15) is 0 Å². The van der Waals surface area contributed by atoms with E-state index in [1.807, 2.05) is 12.4 Å². The molecule has 0 saturated carbocycles. The van der Waals surface area contributed by atoms with Gasteiger partial charge in [-0.05, 0) is 13.3 Å². The van der Waals surface area contributed by atoms with Crippen molar-refractivity contribution < 1.29 is 0 Å². The van der Waals surface area contributed by atoms with Crippen LogP contribution in [0.3, 0.4) is 0 Å². The summed E-state index contributed by atoms with van der Waals surface area (Å²) in [6.07, 6.45) is 4.89. The van der Waals surface area contributed by atoms with Gasteiger partial charge in [0.25, 0.3) is 0 Å². The summed E-state index contributed by atoms with van der Waals surface area (Å²) in [4.78, 5) is 5.76. The fraction of sp³-hybridized carbons (Fsp3) is 0.583. The summed E-state index contributed by atoms with van der Waals surface area (Å²) in [5.74, 6) is 0. The minimum atomic E-state index is 0.266. The van der Waals surface area contributed by atoms with Crippen molar-refractivity contribution in [3.8, 4) is 0 Å². The third kappa shape index (κ3) is 3.82. The molecule has 104 valence electrons. The molecule has 0 radical (unpaired) electrons. The van der Waals surface area contributed by atoms with Crippen LogP contribution in [0.25, 0.3) is 0 Å². The van der Waals surface area contributed by atoms with Crippen molar-refractivity contribution >= 4 is 11.3 Å². The number of rotatable bonds is 7. The van der Waals surface area contributed by atoms with Crippen LogP contribution in [0.15, 0.2) is 12.4 Å². The molecule has 0 fully saturated rings. The van der Waals surface area contributed by atoms with Crippen molar-refractivity contribution in [2.24, 2.45) is 5.73 Å². The van der Waals surface area contributed by atoms with Crippen LogP contribution in [0.5, 0.6) is 0 Å². The zero-order valence-electron chi connectivity index (χ0n) is 11.3. The van der Waals surface area contributed by atoms with Crippen molar-refractivity contribution in [2.75, 3.05) is 6.54 Å². The number of nitrogens with two attached hydrogens (primary N) is 1. The Hall–Kier alpha value is -1.31. The molecule has 0 amide bonds. The van der Waals surface area contributed by atoms with Crippen molar-refractivity contribution in [1.29, 1.82) is 0 Å². The molecule has 6 nitrogen and oxygen atoms in total. The molecule has 2 heterocycles. The van der Waals surface area contributed by atoms with E-state index in [4.69, 9.17) is 5.73 Å². The lowest BCUT2D eigenvalue weighted by Crippen LogP contribution is -2.23. The maximum absolute atomic E-state index is 5.49. The van der Waals surface area contributed by atoms with Gasteiger partial charge in [0.1, 0.15) is 5.01 Å². The summed E-state index contributed by atoms with van der Waals surface area (Å²) >= 11 is 1.77. The van der Waals surface area contributed by atoms with Crippen molar-refractivity contribution in [3.05, 3.63) is 28.0 Å². The highest BCUT2D eigenvalue weighted by molar-refractivity contribution is 7.11. The number of nitrogens with zero attached hydrogens (tertiary/aromatic N) is 4. The van der Waals surface area contributed by atoms with E-state index >= 15 is 0 Å². The van der Waals surface area contributed by atoms with Gasteiger partial charge < -0.3 is 11.1 Å². The van der Waals surface area contributed by atoms with E-state index in [2.05, 4.69) is 34.5 Å². The van der Waals surface area contributed by atoms with Gasteiger partial charge in [-0.25, -0.2) is 4.98 Å². The Morgan fingerprint density at radius 3 is 3.00 bits per heavy atom. The Balaban J connectivity index is 1.78. The van der Waals surface area contributed by atoms with E-state index in [-0.39, 0.29) is 6.04 Å². The third-order valence-corrected chi connectivity index (χ3v) is 4.20. The van der Waals surface area contributed by atoms with E-state index in [0.29, 0.717) is 6.54 Å². The minimum Gasteiger partial charge on any atom is -0.325 e. The van der Waals surface area contributed by atoms with Crippen LogP contribution in [-0.4, -0.2) is 26.5 Å². The first-order chi connectivity index (χ1) is 9.22. The summed E-state index contributed by atoms with van der Waals surface area (Å²) in [5.41, 5.74) is 6.31. The van der Waals surface area contributed by atoms with E-state index in [1.165, 1.54) is 4.88 Å². The molecule has 0 aliphatic carbocycles. The number of thiazole rings is 1. The number of hydrogen-bond donors (Lipinski definition) is 2. The molecule has 0 saturated heterocycles. The van der Waals surface area contributed by atoms with Crippen LogP contribution in [0, 0.1) is 0 Å². The third-order valence-electron chi connectivity index (χ3n) is 2.88. The molecular weight excluding hydrogens is 260 g/mol. The zero-order chi connectivity index (χ0) is 13.7. The summed E-state index contributed by atoms with van der Waals surface area (Å²) in [7, 11) is 0. The monoisotopic (exact) mass is 280 g/mol. The quantitative estimate of drug-likeness (QED) is 0.794. The lowest BCUT2D eigenvalue weighted by molar-refractivity contribution is 0.498. The number of nitrogens with one attached hydrogen (secondary N) is 1. The molecule has 0 aliphatic rings. The van der Waals surface area contributed by atoms with Crippen LogP contribution < -0.4 is 11.1 Å². The van der Waals surface area contributed by atoms with Crippen molar-refractivity contribution in [2.45, 2.75) is 39.4 Å². The Morgan fingerprint density at radius 2 is 2.37 bits per heavy atom. The molecule has 7 heteroatoms. The van der Waals surface area contributed by atoms with Crippen LogP contribution in [0.1, 0.15) is 35.5 Å². The van der Waals surface area contributed by atoms with Crippen molar-refractivity contribution in [3.63, 3.8) is 0 Å². The largest absolute Gasteiger partial charge is 0.325 e. The molecule has 1 atom stereocenters. The second-order valence-corrected chi connectivity index (χ2v) is 5.52. The van der Waals surface area contributed by atoms with Crippen LogP contribution in [0.2, 0.25) is 0 Å². The summed E-state index contributed by atoms with van der Waals surface area (Å²) in [6.45, 7) is 6.32. The molecule has 19 heavy (non-hydrogen) atoms. The second kappa shape index (κ2) is 6.74. The standard InChI is InChI=1S/C12H20N6S/c1-3-11-7-15-12(19-11)9(2)14-4-5-18-8-10(6-13)16-17-18/h7-9,14H,3-6,13H2,1-2H3. The highest BCUT2D eigenvalue weighted by atomic mass is 32.1. The zero-order valence-corrected chi connectivity index (χ0v) is 12.2. The molecule has 2 aromatic rings. The smallest absolute Gasteiger partial charge is 0.109 e. The average molecular weight is 280 g/mol. The minimum absolute atomic E-state index is 0.266. The normalized spacial score (nSPS) is 12.8. The van der Waals surface area contributed by atoms with Gasteiger partial charge in [-0.15, -0.1) is 16.4 Å². The van der Waals surface area contributed by atoms with Crippen LogP contribution in [-0.2, 0) is 19.5 Å².